The van der Waals surface area contributed by atoms with Crippen molar-refractivity contribution in [1.29, 1.82) is 0 Å². The summed E-state index contributed by atoms with van der Waals surface area (Å²) in [6.45, 7) is 0.796. The van der Waals surface area contributed by atoms with Crippen LogP contribution in [0, 0.1) is 0 Å². The van der Waals surface area contributed by atoms with Crippen molar-refractivity contribution in [1.82, 2.24) is 24.6 Å². The monoisotopic (exact) mass is 316 g/mol. The number of nitrogens with zero attached hydrogens (tertiary/aromatic N) is 5. The predicted octanol–water partition coefficient (Wildman–Crippen LogP) is 2.84. The molecule has 0 amide bonds. The van der Waals surface area contributed by atoms with Crippen LogP contribution in [0.3, 0.4) is 0 Å². The van der Waals surface area contributed by atoms with E-state index in [9.17, 15) is 0 Å². The fraction of sp³-hybridized carbons (Fsp3) is 0.111. The molecule has 0 atom stereocenters. The van der Waals surface area contributed by atoms with Crippen LogP contribution in [0.15, 0.2) is 67.1 Å². The zero-order valence-corrected chi connectivity index (χ0v) is 13.0. The summed E-state index contributed by atoms with van der Waals surface area (Å²) >= 11 is 0. The van der Waals surface area contributed by atoms with Crippen LogP contribution < -0.4 is 5.32 Å². The van der Waals surface area contributed by atoms with Gasteiger partial charge >= 0.3 is 0 Å². The van der Waals surface area contributed by atoms with Crippen molar-refractivity contribution >= 4 is 11.6 Å². The number of pyridine rings is 1. The van der Waals surface area contributed by atoms with E-state index in [1.165, 1.54) is 11.9 Å². The van der Waals surface area contributed by atoms with Crippen LogP contribution in [0.4, 0.5) is 5.82 Å². The van der Waals surface area contributed by atoms with Crippen LogP contribution in [0.1, 0.15) is 5.56 Å². The smallest absolute Gasteiger partial charge is 0.254 e. The van der Waals surface area contributed by atoms with E-state index < -0.39 is 0 Å². The lowest BCUT2D eigenvalue weighted by Gasteiger charge is -2.09. The molecule has 6 heteroatoms. The van der Waals surface area contributed by atoms with E-state index >= 15 is 0 Å². The van der Waals surface area contributed by atoms with Gasteiger partial charge in [-0.15, -0.1) is 0 Å². The zero-order valence-electron chi connectivity index (χ0n) is 13.0. The Labute approximate surface area is 139 Å². The second-order valence-electron chi connectivity index (χ2n) is 5.38. The van der Waals surface area contributed by atoms with Gasteiger partial charge in [0.15, 0.2) is 0 Å². The first kappa shape index (κ1) is 14.3. The minimum atomic E-state index is 0.556. The molecular weight excluding hydrogens is 300 g/mol. The molecule has 0 fully saturated rings. The van der Waals surface area contributed by atoms with E-state index in [1.54, 1.807) is 10.7 Å². The molecule has 0 saturated heterocycles. The highest BCUT2D eigenvalue weighted by molar-refractivity contribution is 5.61. The van der Waals surface area contributed by atoms with Crippen molar-refractivity contribution in [3.63, 3.8) is 0 Å². The van der Waals surface area contributed by atoms with E-state index in [1.807, 2.05) is 30.3 Å². The average molecular weight is 316 g/mol. The van der Waals surface area contributed by atoms with Gasteiger partial charge in [-0.3, -0.25) is 4.98 Å². The Morgan fingerprint density at radius 1 is 0.917 bits per heavy atom. The molecule has 0 bridgehead atoms. The van der Waals surface area contributed by atoms with Gasteiger partial charge in [0, 0.05) is 18.8 Å². The van der Waals surface area contributed by atoms with E-state index in [0.717, 1.165) is 30.2 Å². The molecule has 0 saturated carbocycles. The van der Waals surface area contributed by atoms with Crippen molar-refractivity contribution in [2.24, 2.45) is 0 Å². The number of hydrogen-bond acceptors (Lipinski definition) is 5. The van der Waals surface area contributed by atoms with Crippen molar-refractivity contribution in [2.75, 3.05) is 11.9 Å². The first-order valence-corrected chi connectivity index (χ1v) is 7.80. The van der Waals surface area contributed by atoms with Crippen LogP contribution in [0.25, 0.3) is 17.2 Å². The fourth-order valence-electron chi connectivity index (χ4n) is 2.56. The minimum Gasteiger partial charge on any atom is -0.370 e. The van der Waals surface area contributed by atoms with Crippen molar-refractivity contribution in [3.8, 4) is 11.4 Å². The molecule has 118 valence electrons. The summed E-state index contributed by atoms with van der Waals surface area (Å²) in [6, 6.07) is 18.1. The molecule has 0 unspecified atom stereocenters. The molecule has 24 heavy (non-hydrogen) atoms. The zero-order chi connectivity index (χ0) is 16.2. The lowest BCUT2D eigenvalue weighted by Crippen LogP contribution is -2.10. The molecule has 3 aromatic heterocycles. The Balaban J connectivity index is 1.60. The van der Waals surface area contributed by atoms with Gasteiger partial charge in [-0.05, 0) is 24.1 Å². The summed E-state index contributed by atoms with van der Waals surface area (Å²) in [4.78, 5) is 13.1. The quantitative estimate of drug-likeness (QED) is 0.613. The summed E-state index contributed by atoms with van der Waals surface area (Å²) in [7, 11) is 0. The Morgan fingerprint density at radius 3 is 2.62 bits per heavy atom. The van der Waals surface area contributed by atoms with Crippen molar-refractivity contribution in [3.05, 3.63) is 72.7 Å². The SMILES string of the molecule is c1ccc(CCNc2cc(-c3ccccn3)nc3ncnn23)cc1. The maximum absolute atomic E-state index is 4.52. The van der Waals surface area contributed by atoms with Crippen LogP contribution >= 0.6 is 0 Å². The van der Waals surface area contributed by atoms with Crippen molar-refractivity contribution < 1.29 is 0 Å². The molecule has 1 N–H and O–H groups in total. The maximum Gasteiger partial charge on any atom is 0.254 e. The van der Waals surface area contributed by atoms with Crippen molar-refractivity contribution in [2.45, 2.75) is 6.42 Å². The molecule has 0 spiro atoms. The molecular formula is C18H16N6. The third kappa shape index (κ3) is 2.94. The first-order valence-electron chi connectivity index (χ1n) is 7.80. The second kappa shape index (κ2) is 6.45. The summed E-state index contributed by atoms with van der Waals surface area (Å²) in [5.74, 6) is 1.41. The Hall–Kier alpha value is -3.28. The molecule has 0 radical (unpaired) electrons. The van der Waals surface area contributed by atoms with Gasteiger partial charge in [-0.25, -0.2) is 4.98 Å². The van der Waals surface area contributed by atoms with Gasteiger partial charge in [0.05, 0.1) is 11.4 Å². The van der Waals surface area contributed by atoms with Crippen LogP contribution in [-0.2, 0) is 6.42 Å². The Kier molecular flexibility index (Phi) is 3.85. The normalized spacial score (nSPS) is 10.8. The lowest BCUT2D eigenvalue weighted by molar-refractivity contribution is 0.913. The van der Waals surface area contributed by atoms with Gasteiger partial charge in [0.25, 0.3) is 5.78 Å². The molecule has 6 nitrogen and oxygen atoms in total. The van der Waals surface area contributed by atoms with E-state index in [0.29, 0.717) is 5.78 Å². The third-order valence-corrected chi connectivity index (χ3v) is 3.74. The van der Waals surface area contributed by atoms with E-state index in [2.05, 4.69) is 49.6 Å². The highest BCUT2D eigenvalue weighted by Crippen LogP contribution is 2.19. The van der Waals surface area contributed by atoms with Gasteiger partial charge in [0.1, 0.15) is 12.1 Å². The fourth-order valence-corrected chi connectivity index (χ4v) is 2.56. The number of anilines is 1. The average Bonchev–Trinajstić information content (AvgIpc) is 3.12. The van der Waals surface area contributed by atoms with E-state index in [4.69, 9.17) is 0 Å². The summed E-state index contributed by atoms with van der Waals surface area (Å²) in [5.41, 5.74) is 2.88. The summed E-state index contributed by atoms with van der Waals surface area (Å²) in [6.07, 6.45) is 4.19. The molecule has 0 aliphatic heterocycles. The molecule has 0 aliphatic carbocycles. The van der Waals surface area contributed by atoms with Gasteiger partial charge in [-0.1, -0.05) is 36.4 Å². The number of aromatic nitrogens is 5. The minimum absolute atomic E-state index is 0.556. The highest BCUT2D eigenvalue weighted by atomic mass is 15.3. The maximum atomic E-state index is 4.52. The lowest BCUT2D eigenvalue weighted by atomic mass is 10.1. The van der Waals surface area contributed by atoms with Gasteiger partial charge < -0.3 is 5.32 Å². The highest BCUT2D eigenvalue weighted by Gasteiger charge is 2.09. The van der Waals surface area contributed by atoms with E-state index in [-0.39, 0.29) is 0 Å². The topological polar surface area (TPSA) is 68.0 Å². The Morgan fingerprint density at radius 2 is 1.79 bits per heavy atom. The number of rotatable bonds is 5. The van der Waals surface area contributed by atoms with Crippen LogP contribution in [-0.4, -0.2) is 31.1 Å². The predicted molar refractivity (Wildman–Crippen MR) is 92.6 cm³/mol. The van der Waals surface area contributed by atoms with Crippen LogP contribution in [0.2, 0.25) is 0 Å². The number of fused-ring (bicyclic) bond motifs is 1. The number of benzene rings is 1. The molecule has 4 aromatic rings. The second-order valence-corrected chi connectivity index (χ2v) is 5.38. The molecule has 3 heterocycles. The molecule has 0 aliphatic rings. The third-order valence-electron chi connectivity index (χ3n) is 3.74. The van der Waals surface area contributed by atoms with Crippen LogP contribution in [0.5, 0.6) is 0 Å². The summed E-state index contributed by atoms with van der Waals surface area (Å²) in [5, 5.41) is 7.66. The van der Waals surface area contributed by atoms with Gasteiger partial charge in [0.2, 0.25) is 0 Å². The molecule has 1 aromatic carbocycles. The molecule has 4 rings (SSSR count). The Bertz CT molecular complexity index is 934. The number of hydrogen-bond donors (Lipinski definition) is 1. The first-order chi connectivity index (χ1) is 11.9. The number of nitrogens with one attached hydrogen (secondary N) is 1. The standard InChI is InChI=1S/C18H16N6/c1-2-6-14(7-3-1)9-11-20-17-12-16(15-8-4-5-10-19-15)23-18-21-13-22-24(17)18/h1-8,10,12-13,20H,9,11H2. The summed E-state index contributed by atoms with van der Waals surface area (Å²) < 4.78 is 1.71. The largest absolute Gasteiger partial charge is 0.370 e. The van der Waals surface area contributed by atoms with Gasteiger partial charge in [-0.2, -0.15) is 14.6 Å².